The van der Waals surface area contributed by atoms with Gasteiger partial charge >= 0.3 is 12.1 Å². The van der Waals surface area contributed by atoms with E-state index in [9.17, 15) is 18.0 Å². The van der Waals surface area contributed by atoms with Crippen molar-refractivity contribution in [1.29, 1.82) is 0 Å². The summed E-state index contributed by atoms with van der Waals surface area (Å²) in [5.41, 5.74) is 5.73. The molecule has 0 spiro atoms. The van der Waals surface area contributed by atoms with Crippen molar-refractivity contribution in [3.63, 3.8) is 0 Å². The van der Waals surface area contributed by atoms with Crippen molar-refractivity contribution in [2.45, 2.75) is 44.8 Å². The van der Waals surface area contributed by atoms with Crippen molar-refractivity contribution in [3.05, 3.63) is 35.4 Å². The molecule has 0 radical (unpaired) electrons. The van der Waals surface area contributed by atoms with E-state index in [1.165, 1.54) is 19.2 Å². The average molecular weight is 317 g/mol. The maximum atomic E-state index is 12.7. The second-order valence-corrected chi connectivity index (χ2v) is 5.38. The number of carbonyl (C=O) groups excluding carboxylic acids is 1. The van der Waals surface area contributed by atoms with Crippen LogP contribution in [0.1, 0.15) is 37.3 Å². The Balaban J connectivity index is 2.62. The molecule has 0 amide bonds. The van der Waals surface area contributed by atoms with E-state index in [-0.39, 0.29) is 5.92 Å². The first-order valence-corrected chi connectivity index (χ1v) is 7.27. The molecule has 1 rings (SSSR count). The minimum atomic E-state index is -4.33. The van der Waals surface area contributed by atoms with Crippen LogP contribution < -0.4 is 5.73 Å². The van der Waals surface area contributed by atoms with Gasteiger partial charge in [0.05, 0.1) is 12.7 Å². The van der Waals surface area contributed by atoms with Gasteiger partial charge in [-0.2, -0.15) is 13.2 Å². The molecular weight excluding hydrogens is 295 g/mol. The van der Waals surface area contributed by atoms with Gasteiger partial charge in [0, 0.05) is 0 Å². The van der Waals surface area contributed by atoms with E-state index < -0.39 is 23.8 Å². The largest absolute Gasteiger partial charge is 0.468 e. The first-order chi connectivity index (χ1) is 10.3. The lowest BCUT2D eigenvalue weighted by Gasteiger charge is -2.18. The monoisotopic (exact) mass is 317 g/mol. The van der Waals surface area contributed by atoms with Crippen LogP contribution in [-0.4, -0.2) is 19.1 Å². The third-order valence-electron chi connectivity index (χ3n) is 3.76. The Labute approximate surface area is 128 Å². The maximum Gasteiger partial charge on any atom is 0.416 e. The molecule has 0 saturated carbocycles. The number of methoxy groups -OCH3 is 1. The molecule has 0 saturated heterocycles. The topological polar surface area (TPSA) is 52.3 Å². The lowest BCUT2D eigenvalue weighted by Crippen LogP contribution is -2.33. The Hall–Kier alpha value is -1.56. The Kier molecular flexibility index (Phi) is 6.87. The fourth-order valence-corrected chi connectivity index (χ4v) is 2.37. The molecule has 1 aromatic rings. The van der Waals surface area contributed by atoms with Crippen molar-refractivity contribution in [3.8, 4) is 0 Å². The van der Waals surface area contributed by atoms with Gasteiger partial charge in [-0.1, -0.05) is 31.5 Å². The Morgan fingerprint density at radius 1 is 1.36 bits per heavy atom. The molecule has 0 heterocycles. The molecule has 0 fully saturated rings. The molecule has 0 aromatic heterocycles. The zero-order chi connectivity index (χ0) is 16.8. The smallest absolute Gasteiger partial charge is 0.416 e. The van der Waals surface area contributed by atoms with Crippen LogP contribution in [-0.2, 0) is 22.1 Å². The van der Waals surface area contributed by atoms with Crippen molar-refractivity contribution < 1.29 is 22.7 Å². The summed E-state index contributed by atoms with van der Waals surface area (Å²) in [7, 11) is 1.28. The van der Waals surface area contributed by atoms with Gasteiger partial charge in [0.1, 0.15) is 6.04 Å². The summed E-state index contributed by atoms with van der Waals surface area (Å²) in [6.07, 6.45) is -1.84. The molecule has 22 heavy (non-hydrogen) atoms. The molecular formula is C16H22F3NO2. The lowest BCUT2D eigenvalue weighted by molar-refractivity contribution is -0.142. The Bertz CT molecular complexity index is 489. The number of halogens is 3. The van der Waals surface area contributed by atoms with Crippen LogP contribution in [0, 0.1) is 5.92 Å². The minimum Gasteiger partial charge on any atom is -0.468 e. The van der Waals surface area contributed by atoms with Gasteiger partial charge in [-0.15, -0.1) is 0 Å². The minimum absolute atomic E-state index is 0.170. The standard InChI is InChI=1S/C16H22F3NO2/c1-3-11(10-14(20)15(21)22-2)7-8-12-5-4-6-13(9-12)16(17,18)19/h4-6,9,11,14H,3,7-8,10,20H2,1-2H3. The highest BCUT2D eigenvalue weighted by Crippen LogP contribution is 2.30. The zero-order valence-electron chi connectivity index (χ0n) is 12.8. The number of aryl methyl sites for hydroxylation is 1. The molecule has 6 heteroatoms. The van der Waals surface area contributed by atoms with Gasteiger partial charge in [0.15, 0.2) is 0 Å². The molecule has 0 aliphatic heterocycles. The fraction of sp³-hybridized carbons (Fsp3) is 0.562. The highest BCUT2D eigenvalue weighted by atomic mass is 19.4. The molecule has 0 bridgehead atoms. The molecule has 3 nitrogen and oxygen atoms in total. The van der Waals surface area contributed by atoms with E-state index in [0.29, 0.717) is 24.8 Å². The number of hydrogen-bond acceptors (Lipinski definition) is 3. The van der Waals surface area contributed by atoms with Gasteiger partial charge in [-0.05, 0) is 36.8 Å². The summed E-state index contributed by atoms with van der Waals surface area (Å²) < 4.78 is 42.6. The van der Waals surface area contributed by atoms with E-state index in [2.05, 4.69) is 4.74 Å². The SMILES string of the molecule is CCC(CCc1cccc(C(F)(F)F)c1)CC(N)C(=O)OC. The third kappa shape index (κ3) is 5.67. The Morgan fingerprint density at radius 2 is 2.05 bits per heavy atom. The number of nitrogens with two attached hydrogens (primary N) is 1. The summed E-state index contributed by atoms with van der Waals surface area (Å²) in [4.78, 5) is 11.3. The zero-order valence-corrected chi connectivity index (χ0v) is 12.8. The number of carbonyl (C=O) groups is 1. The second kappa shape index (κ2) is 8.17. The average Bonchev–Trinajstić information content (AvgIpc) is 2.49. The van der Waals surface area contributed by atoms with Crippen LogP contribution >= 0.6 is 0 Å². The van der Waals surface area contributed by atoms with E-state index in [0.717, 1.165) is 12.5 Å². The predicted molar refractivity (Wildman–Crippen MR) is 78.2 cm³/mol. The van der Waals surface area contributed by atoms with E-state index in [1.807, 2.05) is 6.92 Å². The van der Waals surface area contributed by atoms with Crippen molar-refractivity contribution >= 4 is 5.97 Å². The molecule has 2 N–H and O–H groups in total. The predicted octanol–water partition coefficient (Wildman–Crippen LogP) is 3.55. The van der Waals surface area contributed by atoms with Crippen molar-refractivity contribution in [1.82, 2.24) is 0 Å². The molecule has 2 atom stereocenters. The summed E-state index contributed by atoms with van der Waals surface area (Å²) in [5, 5.41) is 0. The third-order valence-corrected chi connectivity index (χ3v) is 3.76. The van der Waals surface area contributed by atoms with Crippen LogP contribution in [0.5, 0.6) is 0 Å². The quantitative estimate of drug-likeness (QED) is 0.782. The highest BCUT2D eigenvalue weighted by molar-refractivity contribution is 5.75. The number of alkyl halides is 3. The molecule has 2 unspecified atom stereocenters. The van der Waals surface area contributed by atoms with Crippen LogP contribution in [0.2, 0.25) is 0 Å². The number of rotatable bonds is 7. The molecule has 0 aliphatic rings. The summed E-state index contributed by atoms with van der Waals surface area (Å²) in [5.74, 6) is -0.291. The Morgan fingerprint density at radius 3 is 2.59 bits per heavy atom. The van der Waals surface area contributed by atoms with E-state index in [4.69, 9.17) is 5.73 Å². The van der Waals surface area contributed by atoms with Crippen molar-refractivity contribution in [2.75, 3.05) is 7.11 Å². The number of esters is 1. The van der Waals surface area contributed by atoms with Gasteiger partial charge in [0.25, 0.3) is 0 Å². The fourth-order valence-electron chi connectivity index (χ4n) is 2.37. The number of ether oxygens (including phenoxy) is 1. The first-order valence-electron chi connectivity index (χ1n) is 7.27. The highest BCUT2D eigenvalue weighted by Gasteiger charge is 2.30. The maximum absolute atomic E-state index is 12.7. The molecule has 1 aromatic carbocycles. The van der Waals surface area contributed by atoms with Crippen LogP contribution in [0.3, 0.4) is 0 Å². The van der Waals surface area contributed by atoms with E-state index >= 15 is 0 Å². The lowest BCUT2D eigenvalue weighted by atomic mass is 9.91. The number of benzene rings is 1. The van der Waals surface area contributed by atoms with Gasteiger partial charge in [-0.3, -0.25) is 4.79 Å². The van der Waals surface area contributed by atoms with Crippen LogP contribution in [0.25, 0.3) is 0 Å². The van der Waals surface area contributed by atoms with E-state index in [1.54, 1.807) is 6.07 Å². The first kappa shape index (κ1) is 18.5. The van der Waals surface area contributed by atoms with Gasteiger partial charge < -0.3 is 10.5 Å². The second-order valence-electron chi connectivity index (χ2n) is 5.38. The summed E-state index contributed by atoms with van der Waals surface area (Å²) >= 11 is 0. The van der Waals surface area contributed by atoms with Gasteiger partial charge in [-0.25, -0.2) is 0 Å². The summed E-state index contributed by atoms with van der Waals surface area (Å²) in [6, 6.07) is 4.65. The normalized spacial score (nSPS) is 14.5. The molecule has 0 aliphatic carbocycles. The van der Waals surface area contributed by atoms with Crippen molar-refractivity contribution in [2.24, 2.45) is 11.7 Å². The van der Waals surface area contributed by atoms with Crippen LogP contribution in [0.15, 0.2) is 24.3 Å². The van der Waals surface area contributed by atoms with Crippen LogP contribution in [0.4, 0.5) is 13.2 Å². The number of hydrogen-bond donors (Lipinski definition) is 1. The van der Waals surface area contributed by atoms with Gasteiger partial charge in [0.2, 0.25) is 0 Å². The summed E-state index contributed by atoms with van der Waals surface area (Å²) in [6.45, 7) is 1.97. The molecule has 124 valence electrons.